The van der Waals surface area contributed by atoms with Gasteiger partial charge in [-0.05, 0) is 30.7 Å². The van der Waals surface area contributed by atoms with Crippen molar-refractivity contribution in [2.24, 2.45) is 0 Å². The van der Waals surface area contributed by atoms with E-state index >= 15 is 0 Å². The lowest BCUT2D eigenvalue weighted by Crippen LogP contribution is -2.43. The number of furan rings is 1. The van der Waals surface area contributed by atoms with Crippen LogP contribution in [0.3, 0.4) is 0 Å². The van der Waals surface area contributed by atoms with Gasteiger partial charge in [-0.1, -0.05) is 18.2 Å². The molecule has 0 aliphatic heterocycles. The van der Waals surface area contributed by atoms with E-state index < -0.39 is 11.6 Å². The highest BCUT2D eigenvalue weighted by atomic mass is 16.4. The molecule has 0 radical (unpaired) electrons. The van der Waals surface area contributed by atoms with Crippen molar-refractivity contribution in [3.05, 3.63) is 70.4 Å². The molecule has 0 saturated heterocycles. The molecule has 0 aliphatic carbocycles. The first kappa shape index (κ1) is 16.8. The molecule has 2 heterocycles. The zero-order valence-electron chi connectivity index (χ0n) is 13.7. The molecule has 7 heteroatoms. The van der Waals surface area contributed by atoms with E-state index in [4.69, 9.17) is 4.42 Å². The number of hydrogen-bond acceptors (Lipinski definition) is 4. The van der Waals surface area contributed by atoms with Crippen molar-refractivity contribution < 1.29 is 14.3 Å². The Labute approximate surface area is 143 Å². The van der Waals surface area contributed by atoms with E-state index in [0.717, 1.165) is 5.39 Å². The van der Waals surface area contributed by atoms with Crippen molar-refractivity contribution >= 4 is 16.9 Å². The number of H-pyrrole nitrogens is 1. The zero-order chi connectivity index (χ0) is 17.9. The second-order valence-corrected chi connectivity index (χ2v) is 5.99. The summed E-state index contributed by atoms with van der Waals surface area (Å²) in [5, 5.41) is 16.5. The predicted octanol–water partition coefficient (Wildman–Crippen LogP) is 1.83. The molecule has 3 aromatic rings. The van der Waals surface area contributed by atoms with E-state index in [-0.39, 0.29) is 18.6 Å². The molecule has 130 valence electrons. The maximum absolute atomic E-state index is 12.0. The van der Waals surface area contributed by atoms with Crippen LogP contribution >= 0.6 is 0 Å². The van der Waals surface area contributed by atoms with Crippen LogP contribution in [0.15, 0.2) is 57.9 Å². The van der Waals surface area contributed by atoms with Crippen LogP contribution in [0.2, 0.25) is 0 Å². The third-order valence-electron chi connectivity index (χ3n) is 3.92. The lowest BCUT2D eigenvalue weighted by Gasteiger charge is -2.21. The molecule has 0 aliphatic rings. The number of hydrogen-bond donors (Lipinski definition) is 4. The lowest BCUT2D eigenvalue weighted by molar-refractivity contribution is 0.0367. The first-order valence-electron chi connectivity index (χ1n) is 7.85. The quantitative estimate of drug-likeness (QED) is 0.568. The third-order valence-corrected chi connectivity index (χ3v) is 3.92. The van der Waals surface area contributed by atoms with E-state index in [2.05, 4.69) is 15.6 Å². The van der Waals surface area contributed by atoms with Gasteiger partial charge in [0.25, 0.3) is 0 Å². The van der Waals surface area contributed by atoms with Gasteiger partial charge in [-0.3, -0.25) is 4.79 Å². The molecule has 1 atom stereocenters. The Bertz CT molecular complexity index is 929. The molecule has 1 aromatic carbocycles. The SMILES string of the molecule is CC(O)(CNC(=O)NCc1cc(=O)[nH]c2ccccc12)c1ccco1. The molecule has 7 nitrogen and oxygen atoms in total. The van der Waals surface area contributed by atoms with Gasteiger partial charge >= 0.3 is 6.03 Å². The fraction of sp³-hybridized carbons (Fsp3) is 0.222. The minimum atomic E-state index is -1.31. The molecule has 2 amide bonds. The van der Waals surface area contributed by atoms with Crippen molar-refractivity contribution in [3.63, 3.8) is 0 Å². The zero-order valence-corrected chi connectivity index (χ0v) is 13.7. The number of rotatable bonds is 5. The van der Waals surface area contributed by atoms with Gasteiger partial charge in [0.2, 0.25) is 5.56 Å². The van der Waals surface area contributed by atoms with E-state index in [1.54, 1.807) is 25.1 Å². The Hall–Kier alpha value is -3.06. The first-order valence-corrected chi connectivity index (χ1v) is 7.85. The van der Waals surface area contributed by atoms with Crippen LogP contribution in [0.1, 0.15) is 18.2 Å². The predicted molar refractivity (Wildman–Crippen MR) is 93.1 cm³/mol. The van der Waals surface area contributed by atoms with Gasteiger partial charge in [0, 0.05) is 23.5 Å². The van der Waals surface area contributed by atoms with Crippen LogP contribution in [0, 0.1) is 0 Å². The number of aromatic amines is 1. The molecule has 0 fully saturated rings. The third kappa shape index (κ3) is 3.89. The lowest BCUT2D eigenvalue weighted by atomic mass is 10.0. The average Bonchev–Trinajstić information content (AvgIpc) is 3.13. The Balaban J connectivity index is 1.62. The second-order valence-electron chi connectivity index (χ2n) is 5.99. The van der Waals surface area contributed by atoms with Gasteiger partial charge in [-0.25, -0.2) is 4.79 Å². The maximum atomic E-state index is 12.0. The van der Waals surface area contributed by atoms with Crippen LogP contribution in [0.25, 0.3) is 10.9 Å². The summed E-state index contributed by atoms with van der Waals surface area (Å²) in [6, 6.07) is 11.7. The van der Waals surface area contributed by atoms with Crippen LogP contribution in [-0.2, 0) is 12.1 Å². The summed E-state index contributed by atoms with van der Waals surface area (Å²) >= 11 is 0. The summed E-state index contributed by atoms with van der Waals surface area (Å²) in [4.78, 5) is 26.5. The summed E-state index contributed by atoms with van der Waals surface area (Å²) in [7, 11) is 0. The van der Waals surface area contributed by atoms with Gasteiger partial charge in [0.1, 0.15) is 11.4 Å². The Morgan fingerprint density at radius 1 is 1.24 bits per heavy atom. The van der Waals surface area contributed by atoms with Gasteiger partial charge < -0.3 is 25.1 Å². The minimum absolute atomic E-state index is 0.0114. The standard InChI is InChI=1S/C18H19N3O4/c1-18(24,15-7-4-8-25-15)11-20-17(23)19-10-12-9-16(22)21-14-6-3-2-5-13(12)14/h2-9,24H,10-11H2,1H3,(H,21,22)(H2,19,20,23). The maximum Gasteiger partial charge on any atom is 0.315 e. The molecule has 0 saturated carbocycles. The topological polar surface area (TPSA) is 107 Å². The van der Waals surface area contributed by atoms with Gasteiger partial charge in [0.15, 0.2) is 0 Å². The smallest absolute Gasteiger partial charge is 0.315 e. The number of nitrogens with one attached hydrogen (secondary N) is 3. The number of carbonyl (C=O) groups is 1. The van der Waals surface area contributed by atoms with Gasteiger partial charge in [0.05, 0.1) is 12.8 Å². The van der Waals surface area contributed by atoms with Crippen molar-refractivity contribution in [3.8, 4) is 0 Å². The number of carbonyl (C=O) groups excluding carboxylic acids is 1. The number of urea groups is 1. The monoisotopic (exact) mass is 341 g/mol. The molecular weight excluding hydrogens is 322 g/mol. The van der Waals surface area contributed by atoms with Crippen LogP contribution in [0.5, 0.6) is 0 Å². The highest BCUT2D eigenvalue weighted by Gasteiger charge is 2.26. The summed E-state index contributed by atoms with van der Waals surface area (Å²) in [6.07, 6.45) is 1.46. The Morgan fingerprint density at radius 3 is 2.80 bits per heavy atom. The van der Waals surface area contributed by atoms with Crippen LogP contribution in [0.4, 0.5) is 4.79 Å². The van der Waals surface area contributed by atoms with Crippen molar-refractivity contribution in [2.45, 2.75) is 19.1 Å². The van der Waals surface area contributed by atoms with Crippen molar-refractivity contribution in [2.75, 3.05) is 6.54 Å². The Kier molecular flexibility index (Phi) is 4.58. The summed E-state index contributed by atoms with van der Waals surface area (Å²) in [5.41, 5.74) is -0.103. The molecule has 25 heavy (non-hydrogen) atoms. The van der Waals surface area contributed by atoms with E-state index in [1.807, 2.05) is 18.2 Å². The van der Waals surface area contributed by atoms with Crippen LogP contribution in [-0.4, -0.2) is 22.7 Å². The fourth-order valence-electron chi connectivity index (χ4n) is 2.59. The van der Waals surface area contributed by atoms with Gasteiger partial charge in [-0.2, -0.15) is 0 Å². The number of para-hydroxylation sites is 1. The molecule has 0 spiro atoms. The highest BCUT2D eigenvalue weighted by molar-refractivity contribution is 5.82. The van der Waals surface area contributed by atoms with Crippen molar-refractivity contribution in [1.82, 2.24) is 15.6 Å². The molecule has 4 N–H and O–H groups in total. The Morgan fingerprint density at radius 2 is 2.04 bits per heavy atom. The molecule has 0 bridgehead atoms. The number of aromatic nitrogens is 1. The number of benzene rings is 1. The van der Waals surface area contributed by atoms with Crippen LogP contribution < -0.4 is 16.2 Å². The summed E-state index contributed by atoms with van der Waals surface area (Å²) in [5.74, 6) is 0.369. The average molecular weight is 341 g/mol. The number of fused-ring (bicyclic) bond motifs is 1. The van der Waals surface area contributed by atoms with E-state index in [0.29, 0.717) is 16.8 Å². The normalized spacial score (nSPS) is 13.4. The summed E-state index contributed by atoms with van der Waals surface area (Å²) in [6.45, 7) is 1.73. The fourth-order valence-corrected chi connectivity index (χ4v) is 2.59. The molecule has 2 aromatic heterocycles. The number of amides is 2. The first-order chi connectivity index (χ1) is 12.0. The van der Waals surface area contributed by atoms with Crippen molar-refractivity contribution in [1.29, 1.82) is 0 Å². The number of pyridine rings is 1. The van der Waals surface area contributed by atoms with Gasteiger partial charge in [-0.15, -0.1) is 0 Å². The van der Waals surface area contributed by atoms with E-state index in [9.17, 15) is 14.7 Å². The number of aliphatic hydroxyl groups is 1. The molecular formula is C18H19N3O4. The molecule has 1 unspecified atom stereocenters. The van der Waals surface area contributed by atoms with E-state index in [1.165, 1.54) is 12.3 Å². The second kappa shape index (κ2) is 6.82. The summed E-state index contributed by atoms with van der Waals surface area (Å²) < 4.78 is 5.16. The highest BCUT2D eigenvalue weighted by Crippen LogP contribution is 2.19. The molecule has 3 rings (SSSR count). The minimum Gasteiger partial charge on any atom is -0.466 e. The largest absolute Gasteiger partial charge is 0.466 e.